The van der Waals surface area contributed by atoms with E-state index >= 15 is 0 Å². The fraction of sp³-hybridized carbons (Fsp3) is 0.905. The number of amides is 1. The monoisotopic (exact) mass is 402 g/mol. The number of carboxylic acids is 1. The van der Waals surface area contributed by atoms with Gasteiger partial charge in [0.05, 0.1) is 6.04 Å². The van der Waals surface area contributed by atoms with Crippen LogP contribution in [-0.2, 0) is 9.59 Å². The van der Waals surface area contributed by atoms with Crippen molar-refractivity contribution in [3.05, 3.63) is 0 Å². The molecule has 0 aliphatic rings. The number of rotatable bonds is 20. The molecule has 27 heavy (non-hydrogen) atoms. The van der Waals surface area contributed by atoms with Gasteiger partial charge in [0, 0.05) is 18.7 Å². The Bertz CT molecular complexity index is 367. The molecule has 0 bridgehead atoms. The van der Waals surface area contributed by atoms with Crippen molar-refractivity contribution in [2.75, 3.05) is 18.6 Å². The molecule has 0 aromatic heterocycles. The zero-order valence-electron chi connectivity index (χ0n) is 17.3. The summed E-state index contributed by atoms with van der Waals surface area (Å²) in [6.45, 7) is 0.747. The highest BCUT2D eigenvalue weighted by Gasteiger charge is 2.10. The molecule has 1 amide bonds. The second kappa shape index (κ2) is 20.0. The molecule has 0 aromatic rings. The van der Waals surface area contributed by atoms with Crippen molar-refractivity contribution in [1.29, 1.82) is 0 Å². The van der Waals surface area contributed by atoms with Gasteiger partial charge in [-0.3, -0.25) is 9.59 Å². The number of carbonyl (C=O) groups is 2. The van der Waals surface area contributed by atoms with E-state index in [9.17, 15) is 9.59 Å². The van der Waals surface area contributed by atoms with Crippen molar-refractivity contribution in [1.82, 2.24) is 5.32 Å². The minimum Gasteiger partial charge on any atom is -0.481 e. The molecule has 0 rings (SSSR count). The fourth-order valence-corrected chi connectivity index (χ4v) is 3.63. The van der Waals surface area contributed by atoms with Gasteiger partial charge in [0.1, 0.15) is 0 Å². The van der Waals surface area contributed by atoms with E-state index in [1.807, 2.05) is 6.26 Å². The summed E-state index contributed by atoms with van der Waals surface area (Å²) in [6, 6.07) is -0.378. The predicted molar refractivity (Wildman–Crippen MR) is 116 cm³/mol. The van der Waals surface area contributed by atoms with Gasteiger partial charge in [-0.25, -0.2) is 0 Å². The van der Waals surface area contributed by atoms with E-state index in [-0.39, 0.29) is 11.9 Å². The first-order chi connectivity index (χ1) is 13.1. The van der Waals surface area contributed by atoms with E-state index in [0.717, 1.165) is 25.8 Å². The van der Waals surface area contributed by atoms with E-state index in [4.69, 9.17) is 10.8 Å². The van der Waals surface area contributed by atoms with E-state index < -0.39 is 5.97 Å². The number of carboxylic acid groups (broad SMARTS) is 1. The Balaban J connectivity index is 3.15. The third-order valence-corrected chi connectivity index (χ3v) is 5.49. The molecular formula is C21H42N2O3S. The van der Waals surface area contributed by atoms with Gasteiger partial charge in [-0.05, 0) is 19.1 Å². The maximum Gasteiger partial charge on any atom is 0.303 e. The summed E-state index contributed by atoms with van der Waals surface area (Å²) in [5, 5.41) is 11.5. The lowest BCUT2D eigenvalue weighted by Crippen LogP contribution is -2.42. The van der Waals surface area contributed by atoms with Gasteiger partial charge in [0.15, 0.2) is 0 Å². The Morgan fingerprint density at radius 3 is 1.63 bits per heavy atom. The number of hydrogen-bond donors (Lipinski definition) is 3. The van der Waals surface area contributed by atoms with Gasteiger partial charge in [0.25, 0.3) is 0 Å². The van der Waals surface area contributed by atoms with E-state index in [0.29, 0.717) is 12.2 Å². The maximum atomic E-state index is 11.6. The van der Waals surface area contributed by atoms with Crippen LogP contribution in [0.25, 0.3) is 0 Å². The third-order valence-electron chi connectivity index (χ3n) is 4.80. The highest BCUT2D eigenvalue weighted by Crippen LogP contribution is 2.13. The number of nitrogens with one attached hydrogen (secondary N) is 1. The zero-order chi connectivity index (χ0) is 20.2. The predicted octanol–water partition coefficient (Wildman–Crippen LogP) is 4.73. The van der Waals surface area contributed by atoms with E-state index in [2.05, 4.69) is 5.32 Å². The Hall–Kier alpha value is -0.750. The Morgan fingerprint density at radius 2 is 1.22 bits per heavy atom. The Morgan fingerprint density at radius 1 is 0.815 bits per heavy atom. The van der Waals surface area contributed by atoms with Crippen molar-refractivity contribution < 1.29 is 14.7 Å². The number of thioether (sulfide) groups is 1. The molecule has 0 spiro atoms. The van der Waals surface area contributed by atoms with Gasteiger partial charge in [0.2, 0.25) is 5.91 Å². The van der Waals surface area contributed by atoms with Crippen LogP contribution < -0.4 is 11.1 Å². The first-order valence-corrected chi connectivity index (χ1v) is 12.2. The smallest absolute Gasteiger partial charge is 0.303 e. The molecule has 0 saturated carbocycles. The normalized spacial score (nSPS) is 12.1. The largest absolute Gasteiger partial charge is 0.481 e. The van der Waals surface area contributed by atoms with Crippen LogP contribution in [0.15, 0.2) is 0 Å². The summed E-state index contributed by atoms with van der Waals surface area (Å²) in [5.41, 5.74) is 5.75. The van der Waals surface area contributed by atoms with E-state index in [1.165, 1.54) is 70.6 Å². The summed E-state index contributed by atoms with van der Waals surface area (Å²) in [6.07, 6.45) is 19.3. The third kappa shape index (κ3) is 19.8. The van der Waals surface area contributed by atoms with Crippen molar-refractivity contribution in [2.24, 2.45) is 5.73 Å². The van der Waals surface area contributed by atoms with Crippen LogP contribution in [0.1, 0.15) is 96.3 Å². The standard InChI is InChI=1S/C21H42N2O3S/c1-27-18-19(22)21(26)23-17-15-13-11-9-7-5-3-2-4-6-8-10-12-14-16-20(24)25/h19H,2-18,22H2,1H3,(H,23,26)(H,24,25). The summed E-state index contributed by atoms with van der Waals surface area (Å²) < 4.78 is 0. The van der Waals surface area contributed by atoms with Gasteiger partial charge in [-0.15, -0.1) is 0 Å². The average molecular weight is 403 g/mol. The molecule has 0 aromatic carbocycles. The van der Waals surface area contributed by atoms with Crippen molar-refractivity contribution in [2.45, 2.75) is 102 Å². The molecule has 160 valence electrons. The molecule has 0 saturated heterocycles. The molecule has 0 heterocycles. The van der Waals surface area contributed by atoms with E-state index in [1.54, 1.807) is 11.8 Å². The molecule has 5 nitrogen and oxygen atoms in total. The average Bonchev–Trinajstić information content (AvgIpc) is 2.64. The lowest BCUT2D eigenvalue weighted by molar-refractivity contribution is -0.137. The molecule has 4 N–H and O–H groups in total. The van der Waals surface area contributed by atoms with Crippen molar-refractivity contribution in [3.63, 3.8) is 0 Å². The van der Waals surface area contributed by atoms with Crippen LogP contribution in [0.5, 0.6) is 0 Å². The molecule has 0 aliphatic carbocycles. The number of hydrogen-bond acceptors (Lipinski definition) is 4. The van der Waals surface area contributed by atoms with Crippen LogP contribution >= 0.6 is 11.8 Å². The summed E-state index contributed by atoms with van der Waals surface area (Å²) >= 11 is 1.60. The molecule has 0 aliphatic heterocycles. The van der Waals surface area contributed by atoms with Crippen LogP contribution in [0.3, 0.4) is 0 Å². The summed E-state index contributed by atoms with van der Waals surface area (Å²) in [7, 11) is 0. The van der Waals surface area contributed by atoms with Gasteiger partial charge in [-0.2, -0.15) is 11.8 Å². The second-order valence-corrected chi connectivity index (χ2v) is 8.36. The summed E-state index contributed by atoms with van der Waals surface area (Å²) in [4.78, 5) is 22.0. The second-order valence-electron chi connectivity index (χ2n) is 7.45. The number of unbranched alkanes of at least 4 members (excludes halogenated alkanes) is 13. The number of aliphatic carboxylic acids is 1. The number of nitrogens with two attached hydrogens (primary N) is 1. The molecule has 1 atom stereocenters. The van der Waals surface area contributed by atoms with Crippen molar-refractivity contribution in [3.8, 4) is 0 Å². The first-order valence-electron chi connectivity index (χ1n) is 10.8. The lowest BCUT2D eigenvalue weighted by Gasteiger charge is -2.10. The van der Waals surface area contributed by atoms with Gasteiger partial charge < -0.3 is 16.2 Å². The van der Waals surface area contributed by atoms with Crippen LogP contribution in [0.4, 0.5) is 0 Å². The van der Waals surface area contributed by atoms with Gasteiger partial charge >= 0.3 is 5.97 Å². The zero-order valence-corrected chi connectivity index (χ0v) is 18.2. The minimum atomic E-state index is -0.673. The Labute approximate surface area is 170 Å². The maximum absolute atomic E-state index is 11.6. The number of carbonyl (C=O) groups excluding carboxylic acids is 1. The van der Waals surface area contributed by atoms with Crippen molar-refractivity contribution >= 4 is 23.6 Å². The lowest BCUT2D eigenvalue weighted by atomic mass is 10.0. The topological polar surface area (TPSA) is 92.4 Å². The minimum absolute atomic E-state index is 0.0235. The summed E-state index contributed by atoms with van der Waals surface area (Å²) in [5.74, 6) is -0.0173. The van der Waals surface area contributed by atoms with Crippen LogP contribution in [0.2, 0.25) is 0 Å². The molecule has 6 heteroatoms. The molecule has 1 unspecified atom stereocenters. The molecular weight excluding hydrogens is 360 g/mol. The van der Waals surface area contributed by atoms with Crippen LogP contribution in [0, 0.1) is 0 Å². The first kappa shape index (κ1) is 26.2. The highest BCUT2D eigenvalue weighted by molar-refractivity contribution is 7.98. The molecule has 0 radical (unpaired) electrons. The Kier molecular flexibility index (Phi) is 19.4. The highest BCUT2D eigenvalue weighted by atomic mass is 32.2. The molecule has 0 fully saturated rings. The fourth-order valence-electron chi connectivity index (χ4n) is 3.12. The SMILES string of the molecule is CSCC(N)C(=O)NCCCCCCCCCCCCCCCCC(=O)O. The quantitative estimate of drug-likeness (QED) is 0.256. The van der Waals surface area contributed by atoms with Crippen LogP contribution in [-0.4, -0.2) is 41.6 Å². The van der Waals surface area contributed by atoms with Gasteiger partial charge in [-0.1, -0.05) is 77.0 Å².